The van der Waals surface area contributed by atoms with Crippen molar-refractivity contribution in [1.29, 1.82) is 0 Å². The van der Waals surface area contributed by atoms with Gasteiger partial charge < -0.3 is 43.4 Å². The van der Waals surface area contributed by atoms with E-state index in [9.17, 15) is 42.9 Å². The number of amides is 4. The van der Waals surface area contributed by atoms with Crippen LogP contribution in [-0.2, 0) is 55.9 Å². The van der Waals surface area contributed by atoms with Crippen molar-refractivity contribution in [3.05, 3.63) is 0 Å². The minimum Gasteiger partial charge on any atom is -1.00 e. The van der Waals surface area contributed by atoms with Crippen molar-refractivity contribution in [2.24, 2.45) is 0 Å². The van der Waals surface area contributed by atoms with Crippen LogP contribution in [0.15, 0.2) is 0 Å². The molecule has 0 aromatic rings. The van der Waals surface area contributed by atoms with Crippen LogP contribution in [0.2, 0.25) is 0 Å². The first kappa shape index (κ1) is 117. The predicted molar refractivity (Wildman–Crippen MR) is 466 cm³/mol. The van der Waals surface area contributed by atoms with Gasteiger partial charge in [0.1, 0.15) is 12.2 Å². The molecule has 0 rings (SSSR count). The zero-order valence-corrected chi connectivity index (χ0v) is 81.8. The third-order valence-corrected chi connectivity index (χ3v) is 23.5. The number of nitrogens with zero attached hydrogens (tertiary/aromatic N) is 2. The molecule has 0 aromatic carbocycles. The Morgan fingerprint density at radius 1 is 0.333 bits per heavy atom. The second kappa shape index (κ2) is 84.5. The van der Waals surface area contributed by atoms with Gasteiger partial charge >= 0.3 is 92.7 Å². The minimum absolute atomic E-state index is 0. The molecule has 0 aliphatic rings. The number of hydrogen-bond acceptors (Lipinski definition) is 15. The van der Waals surface area contributed by atoms with Crippen LogP contribution >= 0.6 is 15.6 Å². The second-order valence-electron chi connectivity index (χ2n) is 33.0. The van der Waals surface area contributed by atoms with E-state index in [1.165, 1.54) is 180 Å². The molecule has 0 bridgehead atoms. The first-order chi connectivity index (χ1) is 54.1. The molecule has 4 amide bonds. The van der Waals surface area contributed by atoms with Crippen LogP contribution in [0.5, 0.6) is 0 Å². The molecular weight excluding hydrogens is 1500 g/mol. The van der Waals surface area contributed by atoms with Crippen LogP contribution in [0.25, 0.3) is 0 Å². The van der Waals surface area contributed by atoms with Crippen LogP contribution in [0.4, 0.5) is 4.79 Å². The summed E-state index contributed by atoms with van der Waals surface area (Å²) in [5.41, 5.74) is 0. The van der Waals surface area contributed by atoms with Crippen LogP contribution in [0.3, 0.4) is 0 Å². The van der Waals surface area contributed by atoms with Crippen molar-refractivity contribution >= 4 is 45.4 Å². The fraction of sp³-hybridized carbons (Fsp3) is 0.944. The molecule has 0 saturated heterocycles. The molecule has 0 fully saturated rings. The van der Waals surface area contributed by atoms with Crippen molar-refractivity contribution in [3.8, 4) is 0 Å². The fourth-order valence-electron chi connectivity index (χ4n) is 14.4. The molecule has 6 N–H and O–H groups in total. The molecule has 0 aliphatic carbocycles. The predicted octanol–water partition coefficient (Wildman–Crippen LogP) is 17.7. The van der Waals surface area contributed by atoms with E-state index in [-0.39, 0.29) is 136 Å². The van der Waals surface area contributed by atoms with Crippen LogP contribution in [0.1, 0.15) is 444 Å². The summed E-state index contributed by atoms with van der Waals surface area (Å²) in [7, 11) is -9.42. The van der Waals surface area contributed by atoms with Gasteiger partial charge in [-0.1, -0.05) is 324 Å². The Bertz CT molecular complexity index is 2160. The number of urea groups is 1. The van der Waals surface area contributed by atoms with E-state index in [2.05, 4.69) is 100 Å². The maximum Gasteiger partial charge on any atom is 1.00 e. The molecule has 2 unspecified atom stereocenters. The number of nitrogens with one attached hydrogen (secondary N) is 4. The number of unbranched alkanes of at least 4 members (excludes halogenated alkanes) is 44. The summed E-state index contributed by atoms with van der Waals surface area (Å²) in [6.45, 7) is 21.5. The minimum atomic E-state index is -4.71. The second-order valence-corrected chi connectivity index (χ2v) is 35.9. The standard InChI is InChI=1S/C89H178N6O15P2.2Na.2H/c1-11-17-23-29-33-37-39-43-45-51-57-63-85(96)92-81(75-94(79(7)8)71-67-83(61-55-49-27-21-15-5)109-87(98)65-59-53-47-41-35-31-25-19-13-3)77-107-111(101,102)105-73-69-90-89(100)91-70-74-106-112(103,104)108-78-82(93-86(97)64-58-52-46-44-40-38-34-30-24-18-12-2)76-95(80(9)10)72-68-84(62-56-50-28-22-16-6)110-88(99)66-60-54-48-42-36-32-26-20-14-4;;;;/h79-84H,11-78H2,1-10H3,(H,92,96)(H,93,97)(H,101,102)(H,103,104)(H2,90,91,100);;;;/q;2*+1;2*-1/t81-,82-,83-,84-;;;;/m1..../s1. The van der Waals surface area contributed by atoms with Crippen LogP contribution in [-0.4, -0.2) is 151 Å². The van der Waals surface area contributed by atoms with Crippen molar-refractivity contribution in [1.82, 2.24) is 31.1 Å². The normalized spacial score (nSPS) is 13.8. The molecule has 0 aromatic heterocycles. The maximum absolute atomic E-state index is 13.6. The Morgan fingerprint density at radius 2 is 0.570 bits per heavy atom. The summed E-state index contributed by atoms with van der Waals surface area (Å²) in [5, 5.41) is 11.3. The molecule has 0 saturated carbocycles. The van der Waals surface area contributed by atoms with Gasteiger partial charge in [0.15, 0.2) is 0 Å². The number of rotatable bonds is 86. The van der Waals surface area contributed by atoms with E-state index in [0.29, 0.717) is 64.7 Å². The van der Waals surface area contributed by atoms with E-state index in [1.54, 1.807) is 0 Å². The van der Waals surface area contributed by atoms with E-state index in [1.807, 2.05) is 0 Å². The monoisotopic (exact) mass is 1680 g/mol. The Morgan fingerprint density at radius 3 is 0.825 bits per heavy atom. The molecule has 25 heteroatoms. The Labute approximate surface area is 747 Å². The smallest absolute Gasteiger partial charge is 1.00 e. The Kier molecular flexibility index (Phi) is 87.0. The van der Waals surface area contributed by atoms with Gasteiger partial charge in [-0.3, -0.25) is 47.1 Å². The van der Waals surface area contributed by atoms with Gasteiger partial charge in [-0.05, 0) is 91.9 Å². The number of phosphoric ester groups is 2. The summed E-state index contributed by atoms with van der Waals surface area (Å²) in [6.07, 6.45) is 61.1. The number of hydrogen-bond donors (Lipinski definition) is 6. The molecular formula is C89H180N6Na2O15P2. The number of carbonyl (C=O) groups is 5. The third-order valence-electron chi connectivity index (χ3n) is 21.6. The largest absolute Gasteiger partial charge is 1.00 e. The number of esters is 2. The van der Waals surface area contributed by atoms with Gasteiger partial charge in [0.25, 0.3) is 0 Å². The third kappa shape index (κ3) is 78.5. The topological polar surface area (TPSA) is 270 Å². The molecule has 6 atom stereocenters. The van der Waals surface area contributed by atoms with Crippen molar-refractivity contribution in [2.45, 2.75) is 478 Å². The molecule has 0 spiro atoms. The van der Waals surface area contributed by atoms with Crippen molar-refractivity contribution < 1.29 is 132 Å². The number of ether oxygens (including phenoxy) is 2. The van der Waals surface area contributed by atoms with Gasteiger partial charge in [0.2, 0.25) is 11.8 Å². The van der Waals surface area contributed by atoms with Crippen molar-refractivity contribution in [3.63, 3.8) is 0 Å². The number of carbonyl (C=O) groups excluding carboxylic acids is 5. The van der Waals surface area contributed by atoms with E-state index >= 15 is 0 Å². The van der Waals surface area contributed by atoms with Gasteiger partial charge in [0, 0.05) is 77.0 Å². The summed E-state index contributed by atoms with van der Waals surface area (Å²) >= 11 is 0. The SMILES string of the molecule is CCCCCCCCCCCCCC(=O)N[C@@H](COP(=O)(O)OCCNC(=O)NCCOP(=O)(O)OC[C@@H](CN(CC[C@@H](CCCCCCC)OC(=O)CCCCCCCCCCC)C(C)C)NC(=O)CCCCCCCCCCCCC)CN(CC[C@@H](CCCCCCC)OC(=O)CCCCCCCCCCC)C(C)C.[H-].[H-].[Na+].[Na+]. The summed E-state index contributed by atoms with van der Waals surface area (Å²) in [5.74, 6) is -0.649. The van der Waals surface area contributed by atoms with Crippen LogP contribution in [0, 0.1) is 0 Å². The molecule has 21 nitrogen and oxygen atoms in total. The average Bonchev–Trinajstić information content (AvgIpc) is 0.878. The molecule has 0 aliphatic heterocycles. The van der Waals surface area contributed by atoms with E-state index in [4.69, 9.17) is 27.6 Å². The Balaban J connectivity index is -0.0000103. The maximum atomic E-state index is 13.6. The fourth-order valence-corrected chi connectivity index (χ4v) is 15.9. The summed E-state index contributed by atoms with van der Waals surface area (Å²) < 4.78 is 61.1. The first-order valence-corrected chi connectivity index (χ1v) is 49.8. The van der Waals surface area contributed by atoms with Gasteiger partial charge in [-0.25, -0.2) is 13.9 Å². The first-order valence-electron chi connectivity index (χ1n) is 46.8. The molecule has 0 heterocycles. The zero-order chi connectivity index (χ0) is 82.7. The quantitative estimate of drug-likeness (QED) is 0.0143. The Hall–Kier alpha value is -0.710. The van der Waals surface area contributed by atoms with Gasteiger partial charge in [0.05, 0.1) is 38.5 Å². The summed E-state index contributed by atoms with van der Waals surface area (Å²) in [6, 6.07) is -2.04. The van der Waals surface area contributed by atoms with Crippen molar-refractivity contribution in [2.75, 3.05) is 65.7 Å². The zero-order valence-electron chi connectivity index (χ0n) is 78.0. The summed E-state index contributed by atoms with van der Waals surface area (Å²) in [4.78, 5) is 93.1. The van der Waals surface area contributed by atoms with E-state index < -0.39 is 47.0 Å². The molecule has 0 radical (unpaired) electrons. The number of phosphoric acid groups is 2. The van der Waals surface area contributed by atoms with Gasteiger partial charge in [-0.2, -0.15) is 0 Å². The average molecular weight is 1680 g/mol. The van der Waals surface area contributed by atoms with E-state index in [0.717, 1.165) is 154 Å². The van der Waals surface area contributed by atoms with Gasteiger partial charge in [-0.15, -0.1) is 0 Å². The van der Waals surface area contributed by atoms with Crippen LogP contribution < -0.4 is 80.4 Å². The molecule has 114 heavy (non-hydrogen) atoms. The molecule has 668 valence electrons.